The van der Waals surface area contributed by atoms with Gasteiger partial charge < -0.3 is 9.30 Å². The second-order valence-corrected chi connectivity index (χ2v) is 3.77. The lowest BCUT2D eigenvalue weighted by molar-refractivity contribution is -0.136. The number of fused-ring (bicyclic) bond motifs is 1. The molecule has 0 spiro atoms. The van der Waals surface area contributed by atoms with Gasteiger partial charge in [-0.25, -0.2) is 0 Å². The average molecular weight is 243 g/mol. The number of aromatic nitrogens is 1. The van der Waals surface area contributed by atoms with Crippen LogP contribution in [-0.2, 0) is 6.54 Å². The SMILES string of the molecule is COc1cccc2c1ccn2CCC(F)(F)F. The lowest BCUT2D eigenvalue weighted by atomic mass is 10.2. The number of rotatable bonds is 3. The van der Waals surface area contributed by atoms with Gasteiger partial charge in [-0.3, -0.25) is 0 Å². The Morgan fingerprint density at radius 3 is 2.65 bits per heavy atom. The van der Waals surface area contributed by atoms with Crippen molar-refractivity contribution in [2.45, 2.75) is 19.1 Å². The third-order valence-corrected chi connectivity index (χ3v) is 2.63. The van der Waals surface area contributed by atoms with Gasteiger partial charge in [0.2, 0.25) is 0 Å². The quantitative estimate of drug-likeness (QED) is 0.803. The maximum Gasteiger partial charge on any atom is 0.390 e. The van der Waals surface area contributed by atoms with Crippen LogP contribution in [0.2, 0.25) is 0 Å². The summed E-state index contributed by atoms with van der Waals surface area (Å²) < 4.78 is 43.2. The summed E-state index contributed by atoms with van der Waals surface area (Å²) in [6, 6.07) is 7.11. The second-order valence-electron chi connectivity index (χ2n) is 3.77. The van der Waals surface area contributed by atoms with Crippen molar-refractivity contribution in [2.75, 3.05) is 7.11 Å². The Hall–Kier alpha value is -1.65. The van der Waals surface area contributed by atoms with Crippen LogP contribution in [0.5, 0.6) is 5.75 Å². The van der Waals surface area contributed by atoms with E-state index in [1.54, 1.807) is 42.1 Å². The average Bonchev–Trinajstić information content (AvgIpc) is 2.68. The van der Waals surface area contributed by atoms with Gasteiger partial charge in [-0.15, -0.1) is 0 Å². The van der Waals surface area contributed by atoms with Crippen LogP contribution < -0.4 is 4.74 Å². The Labute approximate surface area is 96.6 Å². The molecule has 0 atom stereocenters. The van der Waals surface area contributed by atoms with Gasteiger partial charge >= 0.3 is 6.18 Å². The molecule has 2 nitrogen and oxygen atoms in total. The molecule has 0 saturated carbocycles. The molecule has 0 bridgehead atoms. The van der Waals surface area contributed by atoms with Crippen molar-refractivity contribution in [3.8, 4) is 5.75 Å². The zero-order chi connectivity index (χ0) is 12.5. The molecule has 0 unspecified atom stereocenters. The fraction of sp³-hybridized carbons (Fsp3) is 0.333. The molecule has 0 radical (unpaired) electrons. The Kier molecular flexibility index (Phi) is 3.00. The van der Waals surface area contributed by atoms with Gasteiger partial charge in [0.05, 0.1) is 19.0 Å². The van der Waals surface area contributed by atoms with Gasteiger partial charge in [-0.05, 0) is 18.2 Å². The lowest BCUT2D eigenvalue weighted by Gasteiger charge is -2.09. The van der Waals surface area contributed by atoms with E-state index in [0.29, 0.717) is 5.75 Å². The maximum atomic E-state index is 12.2. The van der Waals surface area contributed by atoms with Crippen LogP contribution in [0.1, 0.15) is 6.42 Å². The zero-order valence-electron chi connectivity index (χ0n) is 9.29. The highest BCUT2D eigenvalue weighted by Gasteiger charge is 2.26. The first-order valence-electron chi connectivity index (χ1n) is 5.20. The predicted octanol–water partition coefficient (Wildman–Crippen LogP) is 3.60. The molecule has 0 aliphatic carbocycles. The number of nitrogens with zero attached hydrogens (tertiary/aromatic N) is 1. The van der Waals surface area contributed by atoms with Crippen molar-refractivity contribution in [1.29, 1.82) is 0 Å². The van der Waals surface area contributed by atoms with Crippen molar-refractivity contribution in [3.63, 3.8) is 0 Å². The summed E-state index contributed by atoms with van der Waals surface area (Å²) in [6.07, 6.45) is -3.30. The van der Waals surface area contributed by atoms with Crippen LogP contribution in [0.4, 0.5) is 13.2 Å². The molecule has 0 fully saturated rings. The number of ether oxygens (including phenoxy) is 1. The highest BCUT2D eigenvalue weighted by atomic mass is 19.4. The molecular formula is C12H12F3NO. The molecule has 1 aromatic heterocycles. The van der Waals surface area contributed by atoms with E-state index in [1.165, 1.54) is 0 Å². The number of hydrogen-bond acceptors (Lipinski definition) is 1. The molecule has 2 aromatic rings. The minimum absolute atomic E-state index is 0.0693. The van der Waals surface area contributed by atoms with E-state index in [1.807, 2.05) is 0 Å². The third-order valence-electron chi connectivity index (χ3n) is 2.63. The monoisotopic (exact) mass is 243 g/mol. The molecule has 0 saturated heterocycles. The van der Waals surface area contributed by atoms with E-state index in [-0.39, 0.29) is 6.54 Å². The van der Waals surface area contributed by atoms with Crippen molar-refractivity contribution in [3.05, 3.63) is 30.5 Å². The molecule has 0 N–H and O–H groups in total. The fourth-order valence-corrected chi connectivity index (χ4v) is 1.82. The third kappa shape index (κ3) is 2.54. The standard InChI is InChI=1S/C12H12F3NO/c1-17-11-4-2-3-10-9(11)5-7-16(10)8-6-12(13,14)15/h2-5,7H,6,8H2,1H3. The zero-order valence-corrected chi connectivity index (χ0v) is 9.29. The highest BCUT2D eigenvalue weighted by molar-refractivity contribution is 5.86. The summed E-state index contributed by atoms with van der Waals surface area (Å²) in [5.74, 6) is 0.674. The summed E-state index contributed by atoms with van der Waals surface area (Å²) in [6.45, 7) is -0.0693. The first kappa shape index (κ1) is 11.8. The predicted molar refractivity (Wildman–Crippen MR) is 59.2 cm³/mol. The van der Waals surface area contributed by atoms with Gasteiger partial charge in [0.1, 0.15) is 5.75 Å². The summed E-state index contributed by atoms with van der Waals surface area (Å²) in [5, 5.41) is 0.831. The van der Waals surface area contributed by atoms with Crippen LogP contribution >= 0.6 is 0 Å². The number of methoxy groups -OCH3 is 1. The number of alkyl halides is 3. The number of halogens is 3. The highest BCUT2D eigenvalue weighted by Crippen LogP contribution is 2.28. The van der Waals surface area contributed by atoms with Crippen molar-refractivity contribution >= 4 is 10.9 Å². The topological polar surface area (TPSA) is 14.2 Å². The van der Waals surface area contributed by atoms with Gasteiger partial charge in [-0.1, -0.05) is 6.07 Å². The smallest absolute Gasteiger partial charge is 0.390 e. The van der Waals surface area contributed by atoms with E-state index < -0.39 is 12.6 Å². The molecule has 92 valence electrons. The summed E-state index contributed by atoms with van der Waals surface area (Å²) in [7, 11) is 1.54. The van der Waals surface area contributed by atoms with Gasteiger partial charge in [0.25, 0.3) is 0 Å². The van der Waals surface area contributed by atoms with E-state index in [0.717, 1.165) is 10.9 Å². The largest absolute Gasteiger partial charge is 0.496 e. The normalized spacial score (nSPS) is 12.0. The molecule has 5 heteroatoms. The van der Waals surface area contributed by atoms with Crippen LogP contribution in [0.15, 0.2) is 30.5 Å². The van der Waals surface area contributed by atoms with Crippen LogP contribution in [0.3, 0.4) is 0 Å². The van der Waals surface area contributed by atoms with Gasteiger partial charge in [0.15, 0.2) is 0 Å². The molecular weight excluding hydrogens is 231 g/mol. The van der Waals surface area contributed by atoms with Crippen LogP contribution in [0, 0.1) is 0 Å². The van der Waals surface area contributed by atoms with Gasteiger partial charge in [-0.2, -0.15) is 13.2 Å². The first-order valence-corrected chi connectivity index (χ1v) is 5.20. The minimum Gasteiger partial charge on any atom is -0.496 e. The molecule has 17 heavy (non-hydrogen) atoms. The van der Waals surface area contributed by atoms with Crippen LogP contribution in [-0.4, -0.2) is 17.9 Å². The Balaban J connectivity index is 2.30. The molecule has 2 rings (SSSR count). The molecule has 0 aliphatic heterocycles. The first-order chi connectivity index (χ1) is 8.01. The van der Waals surface area contributed by atoms with Gasteiger partial charge in [0, 0.05) is 18.1 Å². The van der Waals surface area contributed by atoms with Crippen molar-refractivity contribution < 1.29 is 17.9 Å². The van der Waals surface area contributed by atoms with E-state index in [9.17, 15) is 13.2 Å². The molecule has 0 aliphatic rings. The van der Waals surface area contributed by atoms with E-state index in [2.05, 4.69) is 0 Å². The fourth-order valence-electron chi connectivity index (χ4n) is 1.82. The summed E-state index contributed by atoms with van der Waals surface area (Å²) in [5.41, 5.74) is 0.758. The van der Waals surface area contributed by atoms with Crippen LogP contribution in [0.25, 0.3) is 10.9 Å². The minimum atomic E-state index is -4.13. The molecule has 1 aromatic carbocycles. The second kappa shape index (κ2) is 4.31. The number of hydrogen-bond donors (Lipinski definition) is 0. The Morgan fingerprint density at radius 2 is 2.00 bits per heavy atom. The molecule has 1 heterocycles. The number of aryl methyl sites for hydroxylation is 1. The van der Waals surface area contributed by atoms with E-state index >= 15 is 0 Å². The maximum absolute atomic E-state index is 12.2. The van der Waals surface area contributed by atoms with Crippen molar-refractivity contribution in [1.82, 2.24) is 4.57 Å². The Bertz CT molecular complexity index is 516. The van der Waals surface area contributed by atoms with Crippen molar-refractivity contribution in [2.24, 2.45) is 0 Å². The molecule has 0 amide bonds. The van der Waals surface area contributed by atoms with E-state index in [4.69, 9.17) is 4.74 Å². The lowest BCUT2D eigenvalue weighted by Crippen LogP contribution is -2.11. The summed E-state index contributed by atoms with van der Waals surface area (Å²) >= 11 is 0. The number of benzene rings is 1. The Morgan fingerprint density at radius 1 is 1.24 bits per heavy atom. The summed E-state index contributed by atoms with van der Waals surface area (Å²) in [4.78, 5) is 0.